The molecule has 0 saturated carbocycles. The minimum Gasteiger partial charge on any atom is -0.369 e. The SMILES string of the molecule is CCCCCCCCCCC(SSC(CCCCCCCCCC)C(N)=O)C(N)=O. The second-order valence-corrected chi connectivity index (χ2v) is 11.2. The van der Waals surface area contributed by atoms with Gasteiger partial charge in [0.05, 0.1) is 10.5 Å². The average Bonchev–Trinajstić information content (AvgIpc) is 2.71. The molecule has 0 radical (unpaired) electrons. The topological polar surface area (TPSA) is 86.2 Å². The van der Waals surface area contributed by atoms with E-state index in [0.29, 0.717) is 0 Å². The number of primary amides is 2. The van der Waals surface area contributed by atoms with Gasteiger partial charge >= 0.3 is 0 Å². The smallest absolute Gasteiger partial charge is 0.231 e. The lowest BCUT2D eigenvalue weighted by Crippen LogP contribution is -2.28. The third kappa shape index (κ3) is 18.4. The maximum absolute atomic E-state index is 11.8. The Morgan fingerprint density at radius 1 is 0.533 bits per heavy atom. The van der Waals surface area contributed by atoms with Gasteiger partial charge in [-0.1, -0.05) is 138 Å². The van der Waals surface area contributed by atoms with Gasteiger partial charge in [-0.15, -0.1) is 0 Å². The quantitative estimate of drug-likeness (QED) is 0.125. The van der Waals surface area contributed by atoms with Crippen molar-refractivity contribution < 1.29 is 9.59 Å². The summed E-state index contributed by atoms with van der Waals surface area (Å²) in [6.45, 7) is 4.47. The van der Waals surface area contributed by atoms with Crippen LogP contribution in [0.5, 0.6) is 0 Å². The van der Waals surface area contributed by atoms with Gasteiger partial charge < -0.3 is 11.5 Å². The lowest BCUT2D eigenvalue weighted by molar-refractivity contribution is -0.118. The molecule has 6 heteroatoms. The second kappa shape index (κ2) is 21.9. The lowest BCUT2D eigenvalue weighted by atomic mass is 10.1. The highest BCUT2D eigenvalue weighted by molar-refractivity contribution is 8.77. The van der Waals surface area contributed by atoms with Crippen molar-refractivity contribution in [2.24, 2.45) is 11.5 Å². The van der Waals surface area contributed by atoms with E-state index in [2.05, 4.69) is 13.8 Å². The molecule has 0 spiro atoms. The maximum Gasteiger partial charge on any atom is 0.231 e. The average molecular weight is 461 g/mol. The Labute approximate surface area is 194 Å². The standard InChI is InChI=1S/C24H48N2O2S2/c1-3-5-7-9-11-13-15-17-19-21(23(25)27)29-30-22(24(26)28)20-18-16-14-12-10-8-6-4-2/h21-22H,3-20H2,1-2H3,(H2,25,27)(H2,26,28). The molecule has 30 heavy (non-hydrogen) atoms. The number of nitrogens with two attached hydrogens (primary N) is 2. The summed E-state index contributed by atoms with van der Waals surface area (Å²) in [5.41, 5.74) is 11.2. The van der Waals surface area contributed by atoms with E-state index < -0.39 is 0 Å². The summed E-state index contributed by atoms with van der Waals surface area (Å²) in [4.78, 5) is 23.6. The van der Waals surface area contributed by atoms with Gasteiger partial charge in [0.1, 0.15) is 0 Å². The molecule has 0 aromatic rings. The molecule has 0 bridgehead atoms. The predicted molar refractivity (Wildman–Crippen MR) is 136 cm³/mol. The molecular formula is C24H48N2O2S2. The highest BCUT2D eigenvalue weighted by Gasteiger charge is 2.22. The third-order valence-electron chi connectivity index (χ3n) is 5.56. The molecule has 0 rings (SSSR count). The van der Waals surface area contributed by atoms with E-state index in [4.69, 9.17) is 11.5 Å². The van der Waals surface area contributed by atoms with E-state index in [-0.39, 0.29) is 22.3 Å². The van der Waals surface area contributed by atoms with Crippen molar-refractivity contribution in [2.45, 2.75) is 140 Å². The first kappa shape index (κ1) is 29.6. The van der Waals surface area contributed by atoms with E-state index in [1.165, 1.54) is 98.6 Å². The molecule has 2 atom stereocenters. The second-order valence-electron chi connectivity index (χ2n) is 8.50. The van der Waals surface area contributed by atoms with Crippen LogP contribution >= 0.6 is 21.6 Å². The van der Waals surface area contributed by atoms with Crippen LogP contribution in [-0.4, -0.2) is 22.3 Å². The van der Waals surface area contributed by atoms with Gasteiger partial charge in [-0.25, -0.2) is 0 Å². The summed E-state index contributed by atoms with van der Waals surface area (Å²) in [5, 5.41) is -0.453. The van der Waals surface area contributed by atoms with E-state index in [0.717, 1.165) is 38.5 Å². The Morgan fingerprint density at radius 3 is 1.07 bits per heavy atom. The van der Waals surface area contributed by atoms with Gasteiger partial charge in [-0.3, -0.25) is 9.59 Å². The van der Waals surface area contributed by atoms with E-state index in [1.54, 1.807) is 0 Å². The monoisotopic (exact) mass is 460 g/mol. The van der Waals surface area contributed by atoms with Crippen LogP contribution in [0.4, 0.5) is 0 Å². The Morgan fingerprint density at radius 2 is 0.800 bits per heavy atom. The van der Waals surface area contributed by atoms with Crippen LogP contribution in [-0.2, 0) is 9.59 Å². The summed E-state index contributed by atoms with van der Waals surface area (Å²) >= 11 is 0. The Balaban J connectivity index is 3.97. The summed E-state index contributed by atoms with van der Waals surface area (Å²) < 4.78 is 0. The number of unbranched alkanes of at least 4 members (excludes halogenated alkanes) is 14. The fourth-order valence-electron chi connectivity index (χ4n) is 3.54. The molecule has 0 heterocycles. The van der Waals surface area contributed by atoms with E-state index >= 15 is 0 Å². The molecule has 0 aromatic carbocycles. The minimum atomic E-state index is -0.272. The number of hydrogen-bond acceptors (Lipinski definition) is 4. The first-order valence-electron chi connectivity index (χ1n) is 12.4. The van der Waals surface area contributed by atoms with Crippen molar-refractivity contribution in [2.75, 3.05) is 0 Å². The van der Waals surface area contributed by atoms with Crippen molar-refractivity contribution in [3.63, 3.8) is 0 Å². The van der Waals surface area contributed by atoms with Crippen LogP contribution in [0.25, 0.3) is 0 Å². The van der Waals surface area contributed by atoms with Crippen LogP contribution in [0.1, 0.15) is 129 Å². The zero-order chi connectivity index (χ0) is 22.5. The van der Waals surface area contributed by atoms with Crippen LogP contribution in [0.2, 0.25) is 0 Å². The fraction of sp³-hybridized carbons (Fsp3) is 0.917. The first-order valence-corrected chi connectivity index (χ1v) is 14.7. The van der Waals surface area contributed by atoms with Crippen LogP contribution < -0.4 is 11.5 Å². The number of carbonyl (C=O) groups excluding carboxylic acids is 2. The van der Waals surface area contributed by atoms with Crippen molar-refractivity contribution in [3.8, 4) is 0 Å². The predicted octanol–water partition coefficient (Wildman–Crippen LogP) is 7.14. The number of amides is 2. The molecule has 0 aliphatic heterocycles. The van der Waals surface area contributed by atoms with E-state index in [9.17, 15) is 9.59 Å². The van der Waals surface area contributed by atoms with Crippen molar-refractivity contribution >= 4 is 33.4 Å². The molecular weight excluding hydrogens is 412 g/mol. The zero-order valence-electron chi connectivity index (χ0n) is 19.7. The summed E-state index contributed by atoms with van der Waals surface area (Å²) in [5.74, 6) is -0.545. The molecule has 2 unspecified atom stereocenters. The largest absolute Gasteiger partial charge is 0.369 e. The summed E-state index contributed by atoms with van der Waals surface area (Å²) in [6.07, 6.45) is 21.5. The molecule has 0 saturated heterocycles. The van der Waals surface area contributed by atoms with E-state index in [1.807, 2.05) is 0 Å². The third-order valence-corrected chi connectivity index (χ3v) is 8.80. The van der Waals surface area contributed by atoms with Gasteiger partial charge in [0.2, 0.25) is 11.8 Å². The highest BCUT2D eigenvalue weighted by atomic mass is 33.1. The van der Waals surface area contributed by atoms with Crippen LogP contribution in [0, 0.1) is 0 Å². The fourth-order valence-corrected chi connectivity index (χ4v) is 6.47. The Kier molecular flexibility index (Phi) is 21.6. The van der Waals surface area contributed by atoms with Crippen molar-refractivity contribution in [1.29, 1.82) is 0 Å². The number of carbonyl (C=O) groups is 2. The number of rotatable bonds is 23. The number of hydrogen-bond donors (Lipinski definition) is 2. The molecule has 0 aliphatic carbocycles. The van der Waals surface area contributed by atoms with Gasteiger partial charge in [0.15, 0.2) is 0 Å². The van der Waals surface area contributed by atoms with Crippen molar-refractivity contribution in [3.05, 3.63) is 0 Å². The first-order chi connectivity index (χ1) is 14.5. The van der Waals surface area contributed by atoms with Crippen LogP contribution in [0.15, 0.2) is 0 Å². The maximum atomic E-state index is 11.8. The summed E-state index contributed by atoms with van der Waals surface area (Å²) in [6, 6.07) is 0. The molecule has 0 aromatic heterocycles. The van der Waals surface area contributed by atoms with Gasteiger partial charge in [0, 0.05) is 0 Å². The highest BCUT2D eigenvalue weighted by Crippen LogP contribution is 2.35. The molecule has 0 aliphatic rings. The zero-order valence-corrected chi connectivity index (χ0v) is 21.3. The molecule has 4 nitrogen and oxygen atoms in total. The molecule has 2 amide bonds. The summed E-state index contributed by atoms with van der Waals surface area (Å²) in [7, 11) is 2.92. The molecule has 0 fully saturated rings. The molecule has 4 N–H and O–H groups in total. The Hall–Kier alpha value is -0.360. The minimum absolute atomic E-state index is 0.226. The van der Waals surface area contributed by atoms with Gasteiger partial charge in [-0.2, -0.15) is 0 Å². The Bertz CT molecular complexity index is 384. The van der Waals surface area contributed by atoms with Crippen LogP contribution in [0.3, 0.4) is 0 Å². The van der Waals surface area contributed by atoms with Crippen molar-refractivity contribution in [1.82, 2.24) is 0 Å². The van der Waals surface area contributed by atoms with Gasteiger partial charge in [0.25, 0.3) is 0 Å². The molecule has 178 valence electrons. The normalized spacial score (nSPS) is 13.3. The lowest BCUT2D eigenvalue weighted by Gasteiger charge is -2.16. The van der Waals surface area contributed by atoms with Gasteiger partial charge in [-0.05, 0) is 12.8 Å².